The molecule has 0 amide bonds. The Bertz CT molecular complexity index is 236. The Morgan fingerprint density at radius 2 is 0.952 bits per heavy atom. The van der Waals surface area contributed by atoms with Crippen molar-refractivity contribution in [2.24, 2.45) is 5.92 Å². The summed E-state index contributed by atoms with van der Waals surface area (Å²) in [5.41, 5.74) is 0.375. The average molecular weight is 319 g/mol. The molecule has 0 aliphatic carbocycles. The molecule has 0 bridgehead atoms. The van der Waals surface area contributed by atoms with Crippen LogP contribution in [0.15, 0.2) is 0 Å². The van der Waals surface area contributed by atoms with Gasteiger partial charge in [-0.15, -0.1) is 0 Å². The Balaban J connectivity index is 5.64. The molecule has 0 saturated carbocycles. The minimum Gasteiger partial charge on any atom is -0.371 e. The van der Waals surface area contributed by atoms with Gasteiger partial charge in [-0.1, -0.05) is 33.6 Å². The van der Waals surface area contributed by atoms with E-state index in [9.17, 15) is 0 Å². The van der Waals surface area contributed by atoms with Gasteiger partial charge in [0.25, 0.3) is 0 Å². The van der Waals surface area contributed by atoms with E-state index in [1.165, 1.54) is 0 Å². The summed E-state index contributed by atoms with van der Waals surface area (Å²) in [6.07, 6.45) is 3.71. The van der Waals surface area contributed by atoms with E-state index < -0.39 is 8.80 Å². The number of hydrogen-bond acceptors (Lipinski definition) is 3. The maximum Gasteiger partial charge on any atom is 0.505 e. The third kappa shape index (κ3) is 6.81. The molecule has 0 aliphatic heterocycles. The van der Waals surface area contributed by atoms with E-state index in [0.29, 0.717) is 11.5 Å². The fourth-order valence-corrected chi connectivity index (χ4v) is 7.27. The van der Waals surface area contributed by atoms with Crippen molar-refractivity contribution in [1.82, 2.24) is 0 Å². The standard InChI is InChI=1S/C17H38O3Si/c1-10-16(11-2)17(12-3)21(18-13(4)5,19-14(6)7)20-15(8)9/h13-17H,10-12H2,1-9H3. The van der Waals surface area contributed by atoms with Crippen molar-refractivity contribution in [3.63, 3.8) is 0 Å². The minimum atomic E-state index is -2.72. The molecular formula is C17H38O3Si. The summed E-state index contributed by atoms with van der Waals surface area (Å²) in [6, 6.07) is 0. The summed E-state index contributed by atoms with van der Waals surface area (Å²) in [6.45, 7) is 19.2. The fraction of sp³-hybridized carbons (Fsp3) is 1.00. The zero-order chi connectivity index (χ0) is 16.6. The Kier molecular flexibility index (Phi) is 10.0. The van der Waals surface area contributed by atoms with E-state index in [4.69, 9.17) is 13.3 Å². The molecule has 3 nitrogen and oxygen atoms in total. The zero-order valence-corrected chi connectivity index (χ0v) is 16.7. The Hall–Kier alpha value is 0.0969. The van der Waals surface area contributed by atoms with Crippen molar-refractivity contribution in [1.29, 1.82) is 0 Å². The lowest BCUT2D eigenvalue weighted by Crippen LogP contribution is -2.56. The van der Waals surface area contributed by atoms with Crippen molar-refractivity contribution >= 4 is 8.80 Å². The van der Waals surface area contributed by atoms with Gasteiger partial charge in [0.15, 0.2) is 0 Å². The highest BCUT2D eigenvalue weighted by Crippen LogP contribution is 2.41. The molecule has 0 saturated heterocycles. The van der Waals surface area contributed by atoms with Crippen molar-refractivity contribution in [2.45, 2.75) is 105 Å². The molecule has 4 heteroatoms. The summed E-state index contributed by atoms with van der Waals surface area (Å²) < 4.78 is 19.2. The van der Waals surface area contributed by atoms with Crippen LogP contribution in [-0.4, -0.2) is 27.1 Å². The molecule has 128 valence electrons. The maximum absolute atomic E-state index is 6.39. The number of rotatable bonds is 11. The van der Waals surface area contributed by atoms with Crippen LogP contribution in [0.2, 0.25) is 5.54 Å². The second-order valence-electron chi connectivity index (χ2n) is 6.69. The molecule has 0 aliphatic rings. The van der Waals surface area contributed by atoms with Crippen LogP contribution in [0.1, 0.15) is 81.6 Å². The van der Waals surface area contributed by atoms with E-state index in [1.807, 2.05) is 0 Å². The molecule has 0 aromatic carbocycles. The first kappa shape index (κ1) is 21.1. The van der Waals surface area contributed by atoms with Gasteiger partial charge in [-0.05, 0) is 53.9 Å². The van der Waals surface area contributed by atoms with Crippen molar-refractivity contribution in [3.05, 3.63) is 0 Å². The molecule has 1 atom stereocenters. The molecule has 21 heavy (non-hydrogen) atoms. The van der Waals surface area contributed by atoms with Crippen molar-refractivity contribution in [2.75, 3.05) is 0 Å². The first-order valence-electron chi connectivity index (χ1n) is 8.75. The van der Waals surface area contributed by atoms with Crippen LogP contribution >= 0.6 is 0 Å². The van der Waals surface area contributed by atoms with Gasteiger partial charge in [-0.2, -0.15) is 0 Å². The van der Waals surface area contributed by atoms with Gasteiger partial charge in [0.1, 0.15) is 0 Å². The smallest absolute Gasteiger partial charge is 0.371 e. The van der Waals surface area contributed by atoms with Gasteiger partial charge in [-0.25, -0.2) is 0 Å². The van der Waals surface area contributed by atoms with Crippen LogP contribution < -0.4 is 0 Å². The zero-order valence-electron chi connectivity index (χ0n) is 15.7. The van der Waals surface area contributed by atoms with Crippen LogP contribution in [0.3, 0.4) is 0 Å². The van der Waals surface area contributed by atoms with Crippen LogP contribution in [0.25, 0.3) is 0 Å². The molecule has 0 N–H and O–H groups in total. The van der Waals surface area contributed by atoms with Crippen LogP contribution in [0.4, 0.5) is 0 Å². The van der Waals surface area contributed by atoms with Gasteiger partial charge in [0.05, 0.1) is 0 Å². The lowest BCUT2D eigenvalue weighted by Gasteiger charge is -2.42. The first-order valence-corrected chi connectivity index (χ1v) is 10.6. The van der Waals surface area contributed by atoms with E-state index in [0.717, 1.165) is 19.3 Å². The highest BCUT2D eigenvalue weighted by molar-refractivity contribution is 6.62. The second kappa shape index (κ2) is 9.98. The SMILES string of the molecule is CCC(CC)C(CC)[Si](OC(C)C)(OC(C)C)OC(C)C. The van der Waals surface area contributed by atoms with Gasteiger partial charge in [0.2, 0.25) is 0 Å². The van der Waals surface area contributed by atoms with E-state index in [-0.39, 0.29) is 18.3 Å². The largest absolute Gasteiger partial charge is 0.505 e. The summed E-state index contributed by atoms with van der Waals surface area (Å²) in [7, 11) is -2.72. The van der Waals surface area contributed by atoms with E-state index in [1.54, 1.807) is 0 Å². The van der Waals surface area contributed by atoms with Crippen LogP contribution in [0, 0.1) is 5.92 Å². The minimum absolute atomic E-state index is 0.123. The van der Waals surface area contributed by atoms with Crippen LogP contribution in [-0.2, 0) is 13.3 Å². The van der Waals surface area contributed by atoms with Gasteiger partial charge in [0, 0.05) is 23.9 Å². The number of hydrogen-bond donors (Lipinski definition) is 0. The van der Waals surface area contributed by atoms with E-state index >= 15 is 0 Å². The summed E-state index contributed by atoms with van der Waals surface area (Å²) in [5.74, 6) is 0.595. The molecule has 0 rings (SSSR count). The molecule has 0 radical (unpaired) electrons. The topological polar surface area (TPSA) is 27.7 Å². The van der Waals surface area contributed by atoms with Gasteiger partial charge >= 0.3 is 8.80 Å². The summed E-state index contributed by atoms with van der Waals surface area (Å²) in [4.78, 5) is 0. The summed E-state index contributed by atoms with van der Waals surface area (Å²) in [5, 5.41) is 0. The third-order valence-electron chi connectivity index (χ3n) is 3.71. The van der Waals surface area contributed by atoms with Gasteiger partial charge in [-0.3, -0.25) is 0 Å². The highest BCUT2D eigenvalue weighted by atomic mass is 28.4. The molecular weight excluding hydrogens is 280 g/mol. The Morgan fingerprint density at radius 3 is 1.14 bits per heavy atom. The summed E-state index contributed by atoms with van der Waals surface area (Å²) >= 11 is 0. The maximum atomic E-state index is 6.39. The quantitative estimate of drug-likeness (QED) is 0.476. The first-order chi connectivity index (χ1) is 9.72. The lowest BCUT2D eigenvalue weighted by molar-refractivity contribution is -0.0110. The molecule has 0 spiro atoms. The molecule has 1 unspecified atom stereocenters. The monoisotopic (exact) mass is 318 g/mol. The van der Waals surface area contributed by atoms with Gasteiger partial charge < -0.3 is 13.3 Å². The Labute approximate surface area is 134 Å². The van der Waals surface area contributed by atoms with E-state index in [2.05, 4.69) is 62.3 Å². The average Bonchev–Trinajstić information content (AvgIpc) is 2.32. The molecule has 0 aromatic rings. The van der Waals surface area contributed by atoms with Crippen molar-refractivity contribution < 1.29 is 13.3 Å². The predicted octanol–water partition coefficient (Wildman–Crippen LogP) is 5.42. The Morgan fingerprint density at radius 1 is 0.619 bits per heavy atom. The third-order valence-corrected chi connectivity index (χ3v) is 7.90. The highest BCUT2D eigenvalue weighted by Gasteiger charge is 2.53. The predicted molar refractivity (Wildman–Crippen MR) is 92.5 cm³/mol. The molecule has 0 heterocycles. The fourth-order valence-electron chi connectivity index (χ4n) is 3.06. The second-order valence-corrected chi connectivity index (χ2v) is 9.35. The normalized spacial score (nSPS) is 14.7. The molecule has 0 fully saturated rings. The van der Waals surface area contributed by atoms with Crippen LogP contribution in [0.5, 0.6) is 0 Å². The van der Waals surface area contributed by atoms with Crippen molar-refractivity contribution in [3.8, 4) is 0 Å². The lowest BCUT2D eigenvalue weighted by atomic mass is 9.97. The molecule has 0 aromatic heterocycles.